The second kappa shape index (κ2) is 9.25. The number of ether oxygens (including phenoxy) is 2. The normalized spacial score (nSPS) is 11.0. The van der Waals surface area contributed by atoms with E-state index in [9.17, 15) is 14.3 Å². The summed E-state index contributed by atoms with van der Waals surface area (Å²) in [5.41, 5.74) is 8.87. The van der Waals surface area contributed by atoms with Crippen LogP contribution in [-0.2, 0) is 31.4 Å². The molecule has 8 nitrogen and oxygen atoms in total. The van der Waals surface area contributed by atoms with Gasteiger partial charge in [0.2, 0.25) is 0 Å². The summed E-state index contributed by atoms with van der Waals surface area (Å²) < 4.78 is 27.7. The molecule has 170 valence electrons. The Bertz CT molecular complexity index is 1340. The Hall–Kier alpha value is -3.98. The van der Waals surface area contributed by atoms with Gasteiger partial charge in [-0.05, 0) is 29.8 Å². The van der Waals surface area contributed by atoms with Crippen molar-refractivity contribution in [3.63, 3.8) is 0 Å². The molecule has 2 heterocycles. The number of fused-ring (bicyclic) bond motifs is 1. The number of hydrogen-bond acceptors (Lipinski definition) is 6. The van der Waals surface area contributed by atoms with E-state index in [4.69, 9.17) is 15.2 Å². The van der Waals surface area contributed by atoms with E-state index in [1.807, 2.05) is 25.2 Å². The standard InChI is InChI=1S/C24H23FN4O4/c1-29-21-6-4-14(17-7-8-27-19(12-26)24(17)25)9-18(21)20(28-29)13-33-22-11-16(32-2)5-3-15(22)10-23(30)31/h3-9,11H,10,12-13,26H2,1-2H3,(H,30,31). The van der Waals surface area contributed by atoms with Gasteiger partial charge in [-0.3, -0.25) is 14.5 Å². The largest absolute Gasteiger partial charge is 0.497 e. The molecule has 0 saturated carbocycles. The topological polar surface area (TPSA) is 112 Å². The summed E-state index contributed by atoms with van der Waals surface area (Å²) in [6, 6.07) is 12.1. The number of carboxylic acid groups (broad SMARTS) is 1. The molecule has 33 heavy (non-hydrogen) atoms. The molecule has 0 aliphatic heterocycles. The lowest BCUT2D eigenvalue weighted by Crippen LogP contribution is -2.05. The first-order valence-electron chi connectivity index (χ1n) is 10.2. The van der Waals surface area contributed by atoms with Gasteiger partial charge in [-0.2, -0.15) is 5.10 Å². The van der Waals surface area contributed by atoms with Crippen LogP contribution in [0.2, 0.25) is 0 Å². The summed E-state index contributed by atoms with van der Waals surface area (Å²) in [5, 5.41) is 14.5. The third-order valence-electron chi connectivity index (χ3n) is 5.37. The monoisotopic (exact) mass is 450 g/mol. The molecule has 3 N–H and O–H groups in total. The molecule has 0 atom stereocenters. The Morgan fingerprint density at radius 1 is 1.18 bits per heavy atom. The number of pyridine rings is 1. The third kappa shape index (κ3) is 4.49. The van der Waals surface area contributed by atoms with Crippen LogP contribution in [-0.4, -0.2) is 33.0 Å². The molecule has 9 heteroatoms. The van der Waals surface area contributed by atoms with E-state index < -0.39 is 11.8 Å². The molecule has 0 amide bonds. The van der Waals surface area contributed by atoms with E-state index >= 15 is 0 Å². The highest BCUT2D eigenvalue weighted by molar-refractivity contribution is 5.87. The fourth-order valence-electron chi connectivity index (χ4n) is 3.72. The molecule has 0 saturated heterocycles. The molecular weight excluding hydrogens is 427 g/mol. The van der Waals surface area contributed by atoms with Crippen molar-refractivity contribution in [3.8, 4) is 22.6 Å². The predicted octanol–water partition coefficient (Wildman–Crippen LogP) is 3.45. The molecule has 0 aliphatic rings. The minimum atomic E-state index is -0.964. The highest BCUT2D eigenvalue weighted by Gasteiger charge is 2.16. The smallest absolute Gasteiger partial charge is 0.307 e. The van der Waals surface area contributed by atoms with Crippen molar-refractivity contribution >= 4 is 16.9 Å². The summed E-state index contributed by atoms with van der Waals surface area (Å²) in [7, 11) is 3.34. The molecule has 0 fully saturated rings. The highest BCUT2D eigenvalue weighted by Crippen LogP contribution is 2.30. The van der Waals surface area contributed by atoms with Crippen molar-refractivity contribution in [2.45, 2.75) is 19.6 Å². The van der Waals surface area contributed by atoms with Gasteiger partial charge >= 0.3 is 5.97 Å². The minimum absolute atomic E-state index is 0.00706. The Labute approximate surface area is 189 Å². The maximum atomic E-state index is 14.8. The first kappa shape index (κ1) is 22.2. The molecule has 4 rings (SSSR count). The minimum Gasteiger partial charge on any atom is -0.497 e. The van der Waals surface area contributed by atoms with E-state index in [-0.39, 0.29) is 25.3 Å². The number of aromatic nitrogens is 3. The van der Waals surface area contributed by atoms with Crippen LogP contribution >= 0.6 is 0 Å². The Morgan fingerprint density at radius 3 is 2.73 bits per heavy atom. The molecule has 0 radical (unpaired) electrons. The lowest BCUT2D eigenvalue weighted by molar-refractivity contribution is -0.136. The Morgan fingerprint density at radius 2 is 2.00 bits per heavy atom. The molecular formula is C24H23FN4O4. The van der Waals surface area contributed by atoms with Crippen LogP contribution in [0, 0.1) is 5.82 Å². The van der Waals surface area contributed by atoms with Crippen LogP contribution in [0.1, 0.15) is 17.0 Å². The van der Waals surface area contributed by atoms with E-state index in [1.54, 1.807) is 28.9 Å². The number of halogens is 1. The number of aryl methyl sites for hydroxylation is 1. The maximum absolute atomic E-state index is 14.8. The van der Waals surface area contributed by atoms with Crippen molar-refractivity contribution in [3.05, 3.63) is 71.4 Å². The number of rotatable bonds is 8. The predicted molar refractivity (Wildman–Crippen MR) is 120 cm³/mol. The van der Waals surface area contributed by atoms with Crippen LogP contribution in [0.25, 0.3) is 22.0 Å². The van der Waals surface area contributed by atoms with Gasteiger partial charge in [0, 0.05) is 42.4 Å². The van der Waals surface area contributed by atoms with Crippen LogP contribution in [0.4, 0.5) is 4.39 Å². The zero-order valence-corrected chi connectivity index (χ0v) is 18.2. The zero-order chi connectivity index (χ0) is 23.5. The number of nitrogens with two attached hydrogens (primary N) is 1. The number of methoxy groups -OCH3 is 1. The molecule has 0 unspecified atom stereocenters. The molecule has 0 aliphatic carbocycles. The van der Waals surface area contributed by atoms with Gasteiger partial charge in [-0.15, -0.1) is 0 Å². The van der Waals surface area contributed by atoms with Crippen molar-refractivity contribution in [2.24, 2.45) is 12.8 Å². The molecule has 2 aromatic carbocycles. The van der Waals surface area contributed by atoms with Crippen molar-refractivity contribution < 1.29 is 23.8 Å². The second-order valence-corrected chi connectivity index (χ2v) is 7.46. The maximum Gasteiger partial charge on any atom is 0.307 e. The van der Waals surface area contributed by atoms with Crippen LogP contribution in [0.15, 0.2) is 48.7 Å². The number of nitrogens with zero attached hydrogens (tertiary/aromatic N) is 3. The fraction of sp³-hybridized carbons (Fsp3) is 0.208. The van der Waals surface area contributed by atoms with Gasteiger partial charge in [0.1, 0.15) is 23.8 Å². The molecule has 4 aromatic rings. The van der Waals surface area contributed by atoms with E-state index in [0.717, 1.165) is 10.9 Å². The summed E-state index contributed by atoms with van der Waals surface area (Å²) in [6.07, 6.45) is 1.35. The molecule has 0 bridgehead atoms. The summed E-state index contributed by atoms with van der Waals surface area (Å²) in [4.78, 5) is 15.2. The summed E-state index contributed by atoms with van der Waals surface area (Å²) in [6.45, 7) is 0.0978. The number of carbonyl (C=O) groups is 1. The van der Waals surface area contributed by atoms with Gasteiger partial charge in [0.25, 0.3) is 0 Å². The average Bonchev–Trinajstić information content (AvgIpc) is 3.13. The second-order valence-electron chi connectivity index (χ2n) is 7.46. The number of hydrogen-bond donors (Lipinski definition) is 2. The van der Waals surface area contributed by atoms with Crippen molar-refractivity contribution in [1.29, 1.82) is 0 Å². The SMILES string of the molecule is COc1ccc(CC(=O)O)c(OCc2nn(C)c3ccc(-c4ccnc(CN)c4F)cc23)c1. The Kier molecular flexibility index (Phi) is 6.23. The van der Waals surface area contributed by atoms with E-state index in [2.05, 4.69) is 10.1 Å². The van der Waals surface area contributed by atoms with Gasteiger partial charge in [-0.1, -0.05) is 12.1 Å². The van der Waals surface area contributed by atoms with E-state index in [0.29, 0.717) is 33.9 Å². The summed E-state index contributed by atoms with van der Waals surface area (Å²) in [5.74, 6) is -0.458. The summed E-state index contributed by atoms with van der Waals surface area (Å²) >= 11 is 0. The average molecular weight is 450 g/mol. The first-order valence-corrected chi connectivity index (χ1v) is 10.2. The van der Waals surface area contributed by atoms with E-state index in [1.165, 1.54) is 13.3 Å². The number of benzene rings is 2. The lowest BCUT2D eigenvalue weighted by atomic mass is 10.0. The van der Waals surface area contributed by atoms with Crippen LogP contribution < -0.4 is 15.2 Å². The van der Waals surface area contributed by atoms with Gasteiger partial charge < -0.3 is 20.3 Å². The third-order valence-corrected chi connectivity index (χ3v) is 5.37. The Balaban J connectivity index is 1.70. The molecule has 2 aromatic heterocycles. The van der Waals surface area contributed by atoms with Crippen molar-refractivity contribution in [2.75, 3.05) is 7.11 Å². The van der Waals surface area contributed by atoms with Crippen LogP contribution in [0.5, 0.6) is 11.5 Å². The van der Waals surface area contributed by atoms with Gasteiger partial charge in [0.15, 0.2) is 5.82 Å². The van der Waals surface area contributed by atoms with Gasteiger partial charge in [-0.25, -0.2) is 4.39 Å². The number of carboxylic acids is 1. The van der Waals surface area contributed by atoms with Crippen molar-refractivity contribution in [1.82, 2.24) is 14.8 Å². The van der Waals surface area contributed by atoms with Gasteiger partial charge in [0.05, 0.1) is 24.7 Å². The first-order chi connectivity index (χ1) is 15.9. The zero-order valence-electron chi connectivity index (χ0n) is 18.2. The molecule has 0 spiro atoms. The lowest BCUT2D eigenvalue weighted by Gasteiger charge is -2.11. The fourth-order valence-corrected chi connectivity index (χ4v) is 3.72. The van der Waals surface area contributed by atoms with Crippen LogP contribution in [0.3, 0.4) is 0 Å². The number of aliphatic carboxylic acids is 1. The highest BCUT2D eigenvalue weighted by atomic mass is 19.1. The quantitative estimate of drug-likeness (QED) is 0.423.